The molecular weight excluding hydrogens is 323 g/mol. The molecule has 22 heavy (non-hydrogen) atoms. The van der Waals surface area contributed by atoms with Crippen molar-refractivity contribution in [3.05, 3.63) is 45.7 Å². The maximum absolute atomic E-state index is 5.97. The summed E-state index contributed by atoms with van der Waals surface area (Å²) < 4.78 is 0. The smallest absolute Gasteiger partial charge is 0.224 e. The highest BCUT2D eigenvalue weighted by molar-refractivity contribution is 6.42. The fraction of sp³-hybridized carbons (Fsp3) is 0. The minimum absolute atomic E-state index is 0.0680. The van der Waals surface area contributed by atoms with Gasteiger partial charge in [0.2, 0.25) is 5.95 Å². The summed E-state index contributed by atoms with van der Waals surface area (Å²) in [4.78, 5) is 16.4. The van der Waals surface area contributed by atoms with Crippen LogP contribution >= 0.6 is 23.2 Å². The fourth-order valence-corrected chi connectivity index (χ4v) is 2.14. The van der Waals surface area contributed by atoms with Crippen LogP contribution in [-0.4, -0.2) is 19.9 Å². The molecule has 0 atom stereocenters. The molecule has 0 saturated heterocycles. The van der Waals surface area contributed by atoms with Crippen LogP contribution in [0.1, 0.15) is 11.3 Å². The van der Waals surface area contributed by atoms with Gasteiger partial charge in [-0.15, -0.1) is 0 Å². The highest BCUT2D eigenvalue weighted by Gasteiger charge is 2.06. The van der Waals surface area contributed by atoms with E-state index in [-0.39, 0.29) is 11.8 Å². The van der Waals surface area contributed by atoms with Crippen molar-refractivity contribution in [2.75, 3.05) is 11.5 Å². The third-order valence-corrected chi connectivity index (χ3v) is 3.60. The standard InChI is InChI=1S/C14H10Cl2N6/c15-9-4-2-7(5-10(9)16)1-3-8-6-19-13-11(20-8)12(17)21-14(18)22-13/h1-6H,(H4,17,18,19,21,22)/b3-1+. The van der Waals surface area contributed by atoms with E-state index in [1.165, 1.54) is 0 Å². The average molecular weight is 333 g/mol. The number of anilines is 2. The van der Waals surface area contributed by atoms with Crippen molar-refractivity contribution in [2.24, 2.45) is 0 Å². The lowest BCUT2D eigenvalue weighted by molar-refractivity contribution is 1.16. The Morgan fingerprint density at radius 3 is 2.55 bits per heavy atom. The maximum Gasteiger partial charge on any atom is 0.224 e. The van der Waals surface area contributed by atoms with Gasteiger partial charge in [-0.2, -0.15) is 9.97 Å². The highest BCUT2D eigenvalue weighted by atomic mass is 35.5. The number of fused-ring (bicyclic) bond motifs is 1. The molecule has 1 aromatic carbocycles. The van der Waals surface area contributed by atoms with Gasteiger partial charge in [-0.25, -0.2) is 9.97 Å². The number of hydrogen-bond acceptors (Lipinski definition) is 6. The molecule has 0 fully saturated rings. The third kappa shape index (κ3) is 2.93. The van der Waals surface area contributed by atoms with Gasteiger partial charge in [0.05, 0.1) is 21.9 Å². The molecule has 0 aliphatic carbocycles. The average Bonchev–Trinajstić information content (AvgIpc) is 2.48. The Bertz CT molecular complexity index is 894. The van der Waals surface area contributed by atoms with E-state index in [1.807, 2.05) is 12.1 Å². The van der Waals surface area contributed by atoms with Crippen LogP contribution in [0.4, 0.5) is 11.8 Å². The van der Waals surface area contributed by atoms with Gasteiger partial charge >= 0.3 is 0 Å². The normalized spacial score (nSPS) is 11.4. The van der Waals surface area contributed by atoms with Crippen molar-refractivity contribution in [1.29, 1.82) is 0 Å². The summed E-state index contributed by atoms with van der Waals surface area (Å²) in [5, 5.41) is 0.994. The number of nitrogens with two attached hydrogens (primary N) is 2. The molecular formula is C14H10Cl2N6. The first kappa shape index (κ1) is 14.5. The summed E-state index contributed by atoms with van der Waals surface area (Å²) in [5.41, 5.74) is 13.6. The van der Waals surface area contributed by atoms with E-state index in [0.717, 1.165) is 5.56 Å². The zero-order valence-electron chi connectivity index (χ0n) is 11.2. The molecule has 4 N–H and O–H groups in total. The van der Waals surface area contributed by atoms with Crippen LogP contribution in [0.25, 0.3) is 23.3 Å². The lowest BCUT2D eigenvalue weighted by atomic mass is 10.2. The first-order valence-corrected chi connectivity index (χ1v) is 6.97. The number of nitrogen functional groups attached to an aromatic ring is 2. The second kappa shape index (κ2) is 5.75. The topological polar surface area (TPSA) is 104 Å². The molecule has 0 unspecified atom stereocenters. The zero-order chi connectivity index (χ0) is 15.7. The summed E-state index contributed by atoms with van der Waals surface area (Å²) in [6.07, 6.45) is 5.19. The summed E-state index contributed by atoms with van der Waals surface area (Å²) in [6, 6.07) is 5.33. The van der Waals surface area contributed by atoms with E-state index in [1.54, 1.807) is 24.4 Å². The van der Waals surface area contributed by atoms with Crippen molar-refractivity contribution in [1.82, 2.24) is 19.9 Å². The van der Waals surface area contributed by atoms with Crippen LogP contribution in [0.5, 0.6) is 0 Å². The number of benzene rings is 1. The fourth-order valence-electron chi connectivity index (χ4n) is 1.84. The summed E-state index contributed by atoms with van der Waals surface area (Å²) in [5.74, 6) is 0.262. The first-order chi connectivity index (χ1) is 10.5. The highest BCUT2D eigenvalue weighted by Crippen LogP contribution is 2.23. The third-order valence-electron chi connectivity index (χ3n) is 2.86. The zero-order valence-corrected chi connectivity index (χ0v) is 12.7. The molecule has 3 rings (SSSR count). The molecule has 2 aromatic heterocycles. The quantitative estimate of drug-likeness (QED) is 0.747. The van der Waals surface area contributed by atoms with Crippen molar-refractivity contribution in [3.8, 4) is 0 Å². The number of aromatic nitrogens is 4. The summed E-state index contributed by atoms with van der Waals surface area (Å²) in [6.45, 7) is 0. The lowest BCUT2D eigenvalue weighted by Crippen LogP contribution is -2.03. The molecule has 6 nitrogen and oxygen atoms in total. The van der Waals surface area contributed by atoms with Gasteiger partial charge in [-0.05, 0) is 23.8 Å². The Kier molecular flexibility index (Phi) is 3.79. The van der Waals surface area contributed by atoms with Crippen LogP contribution in [0, 0.1) is 0 Å². The molecule has 8 heteroatoms. The molecule has 2 heterocycles. The molecule has 0 radical (unpaired) electrons. The monoisotopic (exact) mass is 332 g/mol. The second-order valence-electron chi connectivity index (χ2n) is 4.44. The second-order valence-corrected chi connectivity index (χ2v) is 5.26. The Balaban J connectivity index is 1.96. The van der Waals surface area contributed by atoms with Crippen LogP contribution in [0.15, 0.2) is 24.4 Å². The van der Waals surface area contributed by atoms with Crippen molar-refractivity contribution in [3.63, 3.8) is 0 Å². The molecule has 0 aliphatic heterocycles. The van der Waals surface area contributed by atoms with Gasteiger partial charge in [0.1, 0.15) is 0 Å². The molecule has 0 bridgehead atoms. The van der Waals surface area contributed by atoms with Crippen molar-refractivity contribution < 1.29 is 0 Å². The van der Waals surface area contributed by atoms with Crippen LogP contribution < -0.4 is 11.5 Å². The lowest BCUT2D eigenvalue weighted by Gasteiger charge is -2.02. The first-order valence-electron chi connectivity index (χ1n) is 6.22. The SMILES string of the molecule is Nc1nc(N)c2nc(/C=C/c3ccc(Cl)c(Cl)c3)cnc2n1. The summed E-state index contributed by atoms with van der Waals surface area (Å²) >= 11 is 11.8. The minimum Gasteiger partial charge on any atom is -0.382 e. The number of nitrogens with zero attached hydrogens (tertiary/aromatic N) is 4. The molecule has 0 aliphatic rings. The number of hydrogen-bond donors (Lipinski definition) is 2. The van der Waals surface area contributed by atoms with E-state index < -0.39 is 0 Å². The summed E-state index contributed by atoms with van der Waals surface area (Å²) in [7, 11) is 0. The number of halogens is 2. The predicted octanol–water partition coefficient (Wildman–Crippen LogP) is 3.06. The Hall–Kier alpha value is -2.44. The van der Waals surface area contributed by atoms with Crippen molar-refractivity contribution >= 4 is 58.3 Å². The van der Waals surface area contributed by atoms with Crippen molar-refractivity contribution in [2.45, 2.75) is 0 Å². The van der Waals surface area contributed by atoms with Crippen LogP contribution in [0.2, 0.25) is 10.0 Å². The predicted molar refractivity (Wildman–Crippen MR) is 89.3 cm³/mol. The van der Waals surface area contributed by atoms with E-state index >= 15 is 0 Å². The van der Waals surface area contributed by atoms with Gasteiger partial charge < -0.3 is 11.5 Å². The van der Waals surface area contributed by atoms with Crippen LogP contribution in [0.3, 0.4) is 0 Å². The molecule has 3 aromatic rings. The number of rotatable bonds is 2. The van der Waals surface area contributed by atoms with Gasteiger partial charge in [-0.1, -0.05) is 35.3 Å². The maximum atomic E-state index is 5.97. The van der Waals surface area contributed by atoms with Gasteiger partial charge in [0.15, 0.2) is 17.0 Å². The van der Waals surface area contributed by atoms with E-state index in [4.69, 9.17) is 34.7 Å². The molecule has 0 spiro atoms. The van der Waals surface area contributed by atoms with Gasteiger partial charge in [0, 0.05) is 0 Å². The van der Waals surface area contributed by atoms with Gasteiger partial charge in [0.25, 0.3) is 0 Å². The van der Waals surface area contributed by atoms with Crippen LogP contribution in [-0.2, 0) is 0 Å². The Morgan fingerprint density at radius 1 is 0.955 bits per heavy atom. The van der Waals surface area contributed by atoms with E-state index in [2.05, 4.69) is 19.9 Å². The largest absolute Gasteiger partial charge is 0.382 e. The molecule has 0 saturated carbocycles. The minimum atomic E-state index is 0.0680. The van der Waals surface area contributed by atoms with E-state index in [0.29, 0.717) is 26.9 Å². The van der Waals surface area contributed by atoms with Gasteiger partial charge in [-0.3, -0.25) is 0 Å². The molecule has 110 valence electrons. The Morgan fingerprint density at radius 2 is 1.77 bits per heavy atom. The van der Waals surface area contributed by atoms with E-state index in [9.17, 15) is 0 Å². The Labute approximate surface area is 135 Å². The molecule has 0 amide bonds.